The molecule has 1 aromatic carbocycles. The standard InChI is InChI=1S/C17H20BrN3O3/c18-10-1-4-14-15(5-10)24-9-17(23)21(14)8-16(22)20-13-6-11-2-3-12(7-13)19-11/h1,4-5,11-13,19H,2-3,6-9H2,(H,20,22). The molecule has 0 spiro atoms. The van der Waals surface area contributed by atoms with Crippen LogP contribution < -0.4 is 20.3 Å². The second kappa shape index (κ2) is 6.37. The largest absolute Gasteiger partial charge is 0.482 e. The summed E-state index contributed by atoms with van der Waals surface area (Å²) in [6.45, 7) is 0.00428. The predicted molar refractivity (Wildman–Crippen MR) is 93.1 cm³/mol. The highest BCUT2D eigenvalue weighted by molar-refractivity contribution is 9.10. The van der Waals surface area contributed by atoms with Gasteiger partial charge in [0.1, 0.15) is 12.3 Å². The van der Waals surface area contributed by atoms with E-state index in [0.717, 1.165) is 17.3 Å². The van der Waals surface area contributed by atoms with E-state index in [1.54, 1.807) is 6.07 Å². The smallest absolute Gasteiger partial charge is 0.265 e. The van der Waals surface area contributed by atoms with Crippen molar-refractivity contribution in [2.45, 2.75) is 43.8 Å². The van der Waals surface area contributed by atoms with Gasteiger partial charge >= 0.3 is 0 Å². The highest BCUT2D eigenvalue weighted by Gasteiger charge is 2.35. The monoisotopic (exact) mass is 393 g/mol. The molecule has 6 nitrogen and oxygen atoms in total. The van der Waals surface area contributed by atoms with Crippen molar-refractivity contribution in [2.24, 2.45) is 0 Å². The molecule has 1 aromatic rings. The molecular weight excluding hydrogens is 374 g/mol. The molecule has 2 atom stereocenters. The molecule has 2 amide bonds. The summed E-state index contributed by atoms with van der Waals surface area (Å²) in [6.07, 6.45) is 4.34. The van der Waals surface area contributed by atoms with Crippen LogP contribution in [0.15, 0.2) is 22.7 Å². The van der Waals surface area contributed by atoms with Gasteiger partial charge in [-0.05, 0) is 43.9 Å². The van der Waals surface area contributed by atoms with Crippen LogP contribution in [0.3, 0.4) is 0 Å². The lowest BCUT2D eigenvalue weighted by molar-refractivity contribution is -0.125. The number of nitrogens with zero attached hydrogens (tertiary/aromatic N) is 1. The second-order valence-corrected chi connectivity index (χ2v) is 7.67. The van der Waals surface area contributed by atoms with Crippen LogP contribution in [-0.2, 0) is 9.59 Å². The molecule has 2 N–H and O–H groups in total. The van der Waals surface area contributed by atoms with Gasteiger partial charge in [-0.25, -0.2) is 0 Å². The third kappa shape index (κ3) is 3.15. The van der Waals surface area contributed by atoms with Crippen molar-refractivity contribution in [2.75, 3.05) is 18.1 Å². The molecule has 2 bridgehead atoms. The molecular formula is C17H20BrN3O3. The Kier molecular flexibility index (Phi) is 4.22. The average molecular weight is 394 g/mol. The highest BCUT2D eigenvalue weighted by Crippen LogP contribution is 2.34. The number of hydrogen-bond donors (Lipinski definition) is 2. The van der Waals surface area contributed by atoms with Crippen LogP contribution in [0, 0.1) is 0 Å². The van der Waals surface area contributed by atoms with Gasteiger partial charge in [0.05, 0.1) is 5.69 Å². The first-order valence-electron chi connectivity index (χ1n) is 8.36. The van der Waals surface area contributed by atoms with E-state index < -0.39 is 0 Å². The van der Waals surface area contributed by atoms with E-state index in [9.17, 15) is 9.59 Å². The SMILES string of the molecule is O=C(CN1C(=O)COc2cc(Br)ccc21)NC1CC2CCC(C1)N2. The van der Waals surface area contributed by atoms with Crippen LogP contribution in [0.25, 0.3) is 0 Å². The Hall–Kier alpha value is -1.60. The van der Waals surface area contributed by atoms with Crippen LogP contribution in [0.5, 0.6) is 5.75 Å². The van der Waals surface area contributed by atoms with E-state index in [0.29, 0.717) is 23.5 Å². The Morgan fingerprint density at radius 2 is 2.08 bits per heavy atom. The molecule has 0 aromatic heterocycles. The molecule has 2 fully saturated rings. The summed E-state index contributed by atoms with van der Waals surface area (Å²) in [4.78, 5) is 26.2. The second-order valence-electron chi connectivity index (χ2n) is 6.75. The minimum atomic E-state index is -0.189. The summed E-state index contributed by atoms with van der Waals surface area (Å²) < 4.78 is 6.33. The first kappa shape index (κ1) is 15.9. The van der Waals surface area contributed by atoms with Gasteiger partial charge in [-0.15, -0.1) is 0 Å². The first-order valence-corrected chi connectivity index (χ1v) is 9.16. The fourth-order valence-corrected chi connectivity index (χ4v) is 4.28. The van der Waals surface area contributed by atoms with E-state index in [4.69, 9.17) is 4.74 Å². The zero-order chi connectivity index (χ0) is 16.7. The summed E-state index contributed by atoms with van der Waals surface area (Å²) in [5.41, 5.74) is 0.648. The third-order valence-corrected chi connectivity index (χ3v) is 5.50. The quantitative estimate of drug-likeness (QED) is 0.817. The van der Waals surface area contributed by atoms with Gasteiger partial charge < -0.3 is 15.4 Å². The van der Waals surface area contributed by atoms with Crippen molar-refractivity contribution < 1.29 is 14.3 Å². The third-order valence-electron chi connectivity index (χ3n) is 5.00. The van der Waals surface area contributed by atoms with E-state index >= 15 is 0 Å². The number of carbonyl (C=O) groups excluding carboxylic acids is 2. The summed E-state index contributed by atoms with van der Waals surface area (Å²) in [5.74, 6) is 0.326. The Balaban J connectivity index is 1.43. The number of fused-ring (bicyclic) bond motifs is 3. The lowest BCUT2D eigenvalue weighted by atomic mass is 10.00. The normalized spacial score (nSPS) is 28.3. The van der Waals surface area contributed by atoms with E-state index in [2.05, 4.69) is 26.6 Å². The number of hydrogen-bond acceptors (Lipinski definition) is 4. The number of ether oxygens (including phenoxy) is 1. The Bertz CT molecular complexity index is 669. The van der Waals surface area contributed by atoms with Crippen molar-refractivity contribution in [1.82, 2.24) is 10.6 Å². The van der Waals surface area contributed by atoms with E-state index in [1.807, 2.05) is 12.1 Å². The molecule has 2 unspecified atom stereocenters. The number of halogens is 1. The molecule has 0 saturated carbocycles. The van der Waals surface area contributed by atoms with Gasteiger partial charge in [0.2, 0.25) is 5.91 Å². The molecule has 2 saturated heterocycles. The minimum Gasteiger partial charge on any atom is -0.482 e. The minimum absolute atomic E-state index is 0.0335. The molecule has 3 heterocycles. The fraction of sp³-hybridized carbons (Fsp3) is 0.529. The number of piperidine rings is 1. The number of benzene rings is 1. The summed E-state index contributed by atoms with van der Waals surface area (Å²) in [5, 5.41) is 6.67. The van der Waals surface area contributed by atoms with Crippen molar-refractivity contribution in [1.29, 1.82) is 0 Å². The van der Waals surface area contributed by atoms with Crippen LogP contribution in [-0.4, -0.2) is 43.1 Å². The van der Waals surface area contributed by atoms with Gasteiger partial charge in [0.25, 0.3) is 5.91 Å². The van der Waals surface area contributed by atoms with Crippen LogP contribution in [0.1, 0.15) is 25.7 Å². The predicted octanol–water partition coefficient (Wildman–Crippen LogP) is 1.57. The summed E-state index contributed by atoms with van der Waals surface area (Å²) in [6, 6.07) is 6.72. The maximum atomic E-state index is 12.5. The van der Waals surface area contributed by atoms with Crippen molar-refractivity contribution in [3.63, 3.8) is 0 Å². The zero-order valence-corrected chi connectivity index (χ0v) is 14.8. The number of anilines is 1. The molecule has 24 heavy (non-hydrogen) atoms. The fourth-order valence-electron chi connectivity index (χ4n) is 3.94. The zero-order valence-electron chi connectivity index (χ0n) is 13.3. The van der Waals surface area contributed by atoms with E-state index in [-0.39, 0.29) is 31.0 Å². The topological polar surface area (TPSA) is 70.7 Å². The summed E-state index contributed by atoms with van der Waals surface area (Å²) in [7, 11) is 0. The average Bonchev–Trinajstić information content (AvgIpc) is 2.89. The molecule has 3 aliphatic rings. The van der Waals surface area contributed by atoms with Crippen LogP contribution in [0.4, 0.5) is 5.69 Å². The molecule has 7 heteroatoms. The highest BCUT2D eigenvalue weighted by atomic mass is 79.9. The van der Waals surface area contributed by atoms with E-state index in [1.165, 1.54) is 17.7 Å². The lowest BCUT2D eigenvalue weighted by Gasteiger charge is -2.32. The molecule has 4 rings (SSSR count). The summed E-state index contributed by atoms with van der Waals surface area (Å²) >= 11 is 3.39. The molecule has 0 radical (unpaired) electrons. The number of amides is 2. The van der Waals surface area contributed by atoms with Crippen LogP contribution >= 0.6 is 15.9 Å². The van der Waals surface area contributed by atoms with Gasteiger partial charge in [-0.3, -0.25) is 14.5 Å². The maximum Gasteiger partial charge on any atom is 0.265 e. The Morgan fingerprint density at radius 1 is 1.33 bits per heavy atom. The lowest BCUT2D eigenvalue weighted by Crippen LogP contribution is -2.51. The van der Waals surface area contributed by atoms with Gasteiger partial charge in [-0.2, -0.15) is 0 Å². The van der Waals surface area contributed by atoms with Crippen molar-refractivity contribution >= 4 is 33.4 Å². The van der Waals surface area contributed by atoms with Gasteiger partial charge in [0, 0.05) is 22.6 Å². The van der Waals surface area contributed by atoms with Crippen molar-refractivity contribution in [3.05, 3.63) is 22.7 Å². The number of rotatable bonds is 3. The molecule has 128 valence electrons. The first-order chi connectivity index (χ1) is 11.6. The Morgan fingerprint density at radius 3 is 2.83 bits per heavy atom. The number of carbonyl (C=O) groups is 2. The van der Waals surface area contributed by atoms with Crippen molar-refractivity contribution in [3.8, 4) is 5.75 Å². The Labute approximate surface area is 149 Å². The maximum absolute atomic E-state index is 12.5. The molecule has 3 aliphatic heterocycles. The van der Waals surface area contributed by atoms with Gasteiger partial charge in [0.15, 0.2) is 6.61 Å². The molecule has 0 aliphatic carbocycles. The van der Waals surface area contributed by atoms with Gasteiger partial charge in [-0.1, -0.05) is 15.9 Å². The van der Waals surface area contributed by atoms with Crippen LogP contribution in [0.2, 0.25) is 0 Å². The number of nitrogens with one attached hydrogen (secondary N) is 2.